The maximum atomic E-state index is 12.9. The number of benzene rings is 1. The lowest BCUT2D eigenvalue weighted by molar-refractivity contribution is -0.139. The number of rotatable bonds is 7. The number of ether oxygens (including phenoxy) is 1. The summed E-state index contributed by atoms with van der Waals surface area (Å²) in [5.74, 6) is 0.788. The van der Waals surface area contributed by atoms with Gasteiger partial charge in [-0.15, -0.1) is 0 Å². The Balaban J connectivity index is 1.25. The summed E-state index contributed by atoms with van der Waals surface area (Å²) in [6.45, 7) is -0.991. The van der Waals surface area contributed by atoms with Gasteiger partial charge in [-0.2, -0.15) is 8.78 Å². The standard InChI is InChI=1S/C27H24F2N4O3/c1-14-21(10-15-4-2-3-5-22(15)36-27(28)29)33-13-16(6-7-23(33)32-14)18-11-30-25(31-12-18)17-8-19-20(9-17)24(19)26(34)35/h2-7,11-13,17,19-20,24,27H,8-10H2,1H3,(H,34,35)/t17?,19-,20+,24?. The van der Waals surface area contributed by atoms with Gasteiger partial charge >= 0.3 is 12.6 Å². The van der Waals surface area contributed by atoms with Crippen molar-refractivity contribution in [1.82, 2.24) is 19.4 Å². The van der Waals surface area contributed by atoms with E-state index < -0.39 is 12.6 Å². The minimum Gasteiger partial charge on any atom is -0.481 e. The highest BCUT2D eigenvalue weighted by molar-refractivity contribution is 5.74. The number of pyridine rings is 1. The summed E-state index contributed by atoms with van der Waals surface area (Å²) < 4.78 is 32.4. The fourth-order valence-corrected chi connectivity index (χ4v) is 5.75. The minimum absolute atomic E-state index is 0.154. The number of carboxylic acids is 1. The topological polar surface area (TPSA) is 89.6 Å². The first-order valence-corrected chi connectivity index (χ1v) is 11.9. The SMILES string of the molecule is Cc1nc2ccc(-c3cnc(C4C[C@@H]5C(C(=O)O)[C@@H]5C4)nc3)cn2c1Cc1ccccc1OC(F)F. The Morgan fingerprint density at radius 2 is 1.83 bits per heavy atom. The number of carbonyl (C=O) groups is 1. The molecule has 3 aromatic heterocycles. The van der Waals surface area contributed by atoms with Crippen molar-refractivity contribution in [2.75, 3.05) is 0 Å². The van der Waals surface area contributed by atoms with Crippen LogP contribution in [0.2, 0.25) is 0 Å². The summed E-state index contributed by atoms with van der Waals surface area (Å²) >= 11 is 0. The first-order valence-electron chi connectivity index (χ1n) is 11.9. The summed E-state index contributed by atoms with van der Waals surface area (Å²) in [6.07, 6.45) is 7.62. The number of aryl methyl sites for hydroxylation is 1. The van der Waals surface area contributed by atoms with Crippen molar-refractivity contribution in [2.24, 2.45) is 17.8 Å². The average molecular weight is 491 g/mol. The van der Waals surface area contributed by atoms with Crippen LogP contribution in [0.1, 0.15) is 41.5 Å². The Labute approximate surface area is 205 Å². The predicted octanol–water partition coefficient (Wildman–Crippen LogP) is 5.12. The van der Waals surface area contributed by atoms with Crippen molar-refractivity contribution in [3.8, 4) is 16.9 Å². The van der Waals surface area contributed by atoms with E-state index in [2.05, 4.69) is 15.0 Å². The van der Waals surface area contributed by atoms with E-state index in [1.165, 1.54) is 0 Å². The third kappa shape index (κ3) is 3.98. The highest BCUT2D eigenvalue weighted by atomic mass is 19.3. The quantitative estimate of drug-likeness (QED) is 0.387. The molecular formula is C27H24F2N4O3. The second kappa shape index (κ2) is 8.65. The van der Waals surface area contributed by atoms with Crippen LogP contribution in [0.25, 0.3) is 16.8 Å². The summed E-state index contributed by atoms with van der Waals surface area (Å²) in [4.78, 5) is 25.1. The Hall–Kier alpha value is -3.88. The third-order valence-electron chi connectivity index (χ3n) is 7.56. The van der Waals surface area contributed by atoms with Gasteiger partial charge in [-0.05, 0) is 49.8 Å². The first kappa shape index (κ1) is 22.6. The highest BCUT2D eigenvalue weighted by Crippen LogP contribution is 2.61. The molecule has 2 fully saturated rings. The molecule has 3 heterocycles. The lowest BCUT2D eigenvalue weighted by atomic mass is 9.99. The van der Waals surface area contributed by atoms with Gasteiger partial charge in [0.2, 0.25) is 0 Å². The summed E-state index contributed by atoms with van der Waals surface area (Å²) in [7, 11) is 0. The van der Waals surface area contributed by atoms with Crippen LogP contribution in [0.4, 0.5) is 8.78 Å². The van der Waals surface area contributed by atoms with E-state index in [1.807, 2.05) is 29.7 Å². The summed E-state index contributed by atoms with van der Waals surface area (Å²) in [5.41, 5.74) is 4.86. The predicted molar refractivity (Wildman–Crippen MR) is 127 cm³/mol. The minimum atomic E-state index is -2.89. The number of para-hydroxylation sites is 1. The molecule has 0 saturated heterocycles. The molecule has 36 heavy (non-hydrogen) atoms. The van der Waals surface area contributed by atoms with Gasteiger partial charge in [-0.25, -0.2) is 15.0 Å². The van der Waals surface area contributed by atoms with Crippen molar-refractivity contribution >= 4 is 11.6 Å². The molecule has 2 saturated carbocycles. The average Bonchev–Trinajstić information content (AvgIpc) is 3.21. The number of aromatic nitrogens is 4. The van der Waals surface area contributed by atoms with Gasteiger partial charge in [0.1, 0.15) is 17.2 Å². The summed E-state index contributed by atoms with van der Waals surface area (Å²) in [6, 6.07) is 10.7. The number of hydrogen-bond donors (Lipinski definition) is 1. The normalized spacial score (nSPS) is 22.7. The van der Waals surface area contributed by atoms with E-state index in [0.29, 0.717) is 12.0 Å². The van der Waals surface area contributed by atoms with Crippen molar-refractivity contribution < 1.29 is 23.4 Å². The third-order valence-corrected chi connectivity index (χ3v) is 7.56. The monoisotopic (exact) mass is 490 g/mol. The molecule has 7 nitrogen and oxygen atoms in total. The van der Waals surface area contributed by atoms with E-state index in [9.17, 15) is 18.7 Å². The number of aliphatic carboxylic acids is 1. The van der Waals surface area contributed by atoms with Crippen LogP contribution >= 0.6 is 0 Å². The van der Waals surface area contributed by atoms with Crippen molar-refractivity contribution in [1.29, 1.82) is 0 Å². The zero-order valence-corrected chi connectivity index (χ0v) is 19.5. The second-order valence-electron chi connectivity index (χ2n) is 9.64. The number of fused-ring (bicyclic) bond motifs is 2. The van der Waals surface area contributed by atoms with Crippen LogP contribution in [-0.2, 0) is 11.2 Å². The fraction of sp³-hybridized carbons (Fsp3) is 0.333. The van der Waals surface area contributed by atoms with Crippen LogP contribution in [0.15, 0.2) is 55.0 Å². The van der Waals surface area contributed by atoms with Crippen LogP contribution in [-0.4, -0.2) is 37.0 Å². The maximum Gasteiger partial charge on any atom is 0.387 e. The van der Waals surface area contributed by atoms with Crippen molar-refractivity contribution in [2.45, 2.75) is 38.7 Å². The van der Waals surface area contributed by atoms with Gasteiger partial charge in [-0.1, -0.05) is 18.2 Å². The van der Waals surface area contributed by atoms with E-state index in [4.69, 9.17) is 4.74 Å². The Morgan fingerprint density at radius 1 is 1.11 bits per heavy atom. The van der Waals surface area contributed by atoms with Gasteiger partial charge in [0.05, 0.1) is 11.6 Å². The Morgan fingerprint density at radius 3 is 2.53 bits per heavy atom. The van der Waals surface area contributed by atoms with Gasteiger partial charge in [-0.3, -0.25) is 4.79 Å². The second-order valence-corrected chi connectivity index (χ2v) is 9.64. The largest absolute Gasteiger partial charge is 0.481 e. The molecule has 1 aromatic carbocycles. The number of halogens is 2. The maximum absolute atomic E-state index is 12.9. The smallest absolute Gasteiger partial charge is 0.387 e. The van der Waals surface area contributed by atoms with Crippen LogP contribution in [0.5, 0.6) is 5.75 Å². The van der Waals surface area contributed by atoms with Gasteiger partial charge in [0, 0.05) is 53.3 Å². The molecule has 1 N–H and O–H groups in total. The lowest BCUT2D eigenvalue weighted by Crippen LogP contribution is -2.09. The van der Waals surface area contributed by atoms with Crippen LogP contribution < -0.4 is 4.74 Å². The van der Waals surface area contributed by atoms with Gasteiger partial charge < -0.3 is 14.2 Å². The highest BCUT2D eigenvalue weighted by Gasteiger charge is 2.60. The molecule has 4 aromatic rings. The molecule has 0 spiro atoms. The number of hydrogen-bond acceptors (Lipinski definition) is 5. The molecule has 0 aliphatic heterocycles. The molecular weight excluding hydrogens is 466 g/mol. The van der Waals surface area contributed by atoms with Crippen molar-refractivity contribution in [3.63, 3.8) is 0 Å². The fourth-order valence-electron chi connectivity index (χ4n) is 5.75. The molecule has 9 heteroatoms. The summed E-state index contributed by atoms with van der Waals surface area (Å²) in [5, 5.41) is 9.23. The number of carboxylic acid groups (broad SMARTS) is 1. The van der Waals surface area contributed by atoms with Gasteiger partial charge in [0.25, 0.3) is 0 Å². The van der Waals surface area contributed by atoms with Crippen molar-refractivity contribution in [3.05, 3.63) is 77.8 Å². The van der Waals surface area contributed by atoms with Crippen LogP contribution in [0, 0.1) is 24.7 Å². The van der Waals surface area contributed by atoms with E-state index in [1.54, 1.807) is 36.7 Å². The number of imidazole rings is 1. The Kier molecular flexibility index (Phi) is 5.43. The molecule has 2 aliphatic rings. The lowest BCUT2D eigenvalue weighted by Gasteiger charge is -2.13. The molecule has 0 bridgehead atoms. The number of nitrogens with zero attached hydrogens (tertiary/aromatic N) is 4. The first-order chi connectivity index (χ1) is 17.4. The zero-order chi connectivity index (χ0) is 25.0. The molecule has 4 atom stereocenters. The molecule has 2 aliphatic carbocycles. The Bertz CT molecular complexity index is 1440. The number of alkyl halides is 2. The van der Waals surface area contributed by atoms with E-state index in [-0.39, 0.29) is 29.4 Å². The molecule has 0 amide bonds. The van der Waals surface area contributed by atoms with Crippen LogP contribution in [0.3, 0.4) is 0 Å². The van der Waals surface area contributed by atoms with E-state index in [0.717, 1.165) is 46.8 Å². The van der Waals surface area contributed by atoms with E-state index >= 15 is 0 Å². The molecule has 0 radical (unpaired) electrons. The molecule has 184 valence electrons. The molecule has 6 rings (SSSR count). The molecule has 2 unspecified atom stereocenters. The van der Waals surface area contributed by atoms with Gasteiger partial charge in [0.15, 0.2) is 0 Å². The zero-order valence-electron chi connectivity index (χ0n) is 19.5.